The zero-order chi connectivity index (χ0) is 16.3. The topological polar surface area (TPSA) is 55.4 Å². The van der Waals surface area contributed by atoms with Crippen LogP contribution >= 0.6 is 0 Å². The molecule has 23 heavy (non-hydrogen) atoms. The van der Waals surface area contributed by atoms with E-state index in [4.69, 9.17) is 4.74 Å². The van der Waals surface area contributed by atoms with Crippen LogP contribution in [0.15, 0.2) is 60.7 Å². The Labute approximate surface area is 136 Å². The number of hydrogen-bond donors (Lipinski definition) is 1. The summed E-state index contributed by atoms with van der Waals surface area (Å²) in [5.41, 5.74) is 1.16. The highest BCUT2D eigenvalue weighted by molar-refractivity contribution is 6.13. The van der Waals surface area contributed by atoms with Crippen molar-refractivity contribution in [3.05, 3.63) is 71.8 Å². The molecule has 0 spiro atoms. The Morgan fingerprint density at radius 1 is 0.783 bits per heavy atom. The van der Waals surface area contributed by atoms with Crippen LogP contribution in [0.3, 0.4) is 0 Å². The number of nitrogens with one attached hydrogen (secondary N) is 1. The molecule has 0 radical (unpaired) electrons. The normalized spacial score (nSPS) is 13.6. The van der Waals surface area contributed by atoms with E-state index in [1.54, 1.807) is 48.5 Å². The first-order chi connectivity index (χ1) is 11.3. The number of Topliss-reactive ketones (excluding diaryl/α,β-unsaturated/α-hetero) is 2. The van der Waals surface area contributed by atoms with Gasteiger partial charge in [-0.25, -0.2) is 0 Å². The smallest absolute Gasteiger partial charge is 0.170 e. The lowest BCUT2D eigenvalue weighted by molar-refractivity contribution is 0.0894. The van der Waals surface area contributed by atoms with Crippen LogP contribution in [0.1, 0.15) is 27.1 Å². The van der Waals surface area contributed by atoms with Gasteiger partial charge in [-0.15, -0.1) is 0 Å². The van der Waals surface area contributed by atoms with Gasteiger partial charge in [0.25, 0.3) is 0 Å². The minimum Gasteiger partial charge on any atom is -0.379 e. The van der Waals surface area contributed by atoms with Gasteiger partial charge in [0.1, 0.15) is 0 Å². The Kier molecular flexibility index (Phi) is 7.17. The fraction of sp³-hybridized carbons (Fsp3) is 0.263. The molecule has 1 aliphatic rings. The second-order valence-corrected chi connectivity index (χ2v) is 5.12. The Morgan fingerprint density at radius 3 is 1.52 bits per heavy atom. The van der Waals surface area contributed by atoms with Gasteiger partial charge in [-0.3, -0.25) is 9.59 Å². The Balaban J connectivity index is 0.000000268. The molecule has 4 nitrogen and oxygen atoms in total. The van der Waals surface area contributed by atoms with E-state index in [0.29, 0.717) is 11.1 Å². The first kappa shape index (κ1) is 17.1. The van der Waals surface area contributed by atoms with Crippen molar-refractivity contribution >= 4 is 11.6 Å². The molecule has 1 saturated heterocycles. The third-order valence-electron chi connectivity index (χ3n) is 3.36. The summed E-state index contributed by atoms with van der Waals surface area (Å²) in [5.74, 6) is -0.279. The fourth-order valence-electron chi connectivity index (χ4n) is 2.11. The summed E-state index contributed by atoms with van der Waals surface area (Å²) in [6.07, 6.45) is -0.0754. The van der Waals surface area contributed by atoms with E-state index < -0.39 is 0 Å². The van der Waals surface area contributed by atoms with Crippen LogP contribution < -0.4 is 5.32 Å². The van der Waals surface area contributed by atoms with Gasteiger partial charge in [0.15, 0.2) is 11.6 Å². The average Bonchev–Trinajstić information content (AvgIpc) is 2.65. The minimum absolute atomic E-state index is 0.0754. The molecule has 1 heterocycles. The van der Waals surface area contributed by atoms with Gasteiger partial charge >= 0.3 is 0 Å². The molecule has 0 saturated carbocycles. The maximum absolute atomic E-state index is 11.8. The standard InChI is InChI=1S/C15H12O2.C4H9NO/c16-14(12-7-3-1-4-8-12)11-15(17)13-9-5-2-6-10-13;1-3-6-4-2-5-1/h1-10H,11H2;5H,1-4H2. The molecule has 0 bridgehead atoms. The van der Waals surface area contributed by atoms with Gasteiger partial charge in [-0.1, -0.05) is 60.7 Å². The Morgan fingerprint density at radius 2 is 1.22 bits per heavy atom. The Hall–Kier alpha value is -2.30. The molecule has 0 aliphatic carbocycles. The number of ether oxygens (including phenoxy) is 1. The fourth-order valence-corrected chi connectivity index (χ4v) is 2.11. The minimum atomic E-state index is -0.139. The zero-order valence-corrected chi connectivity index (χ0v) is 13.0. The molecule has 2 aromatic carbocycles. The summed E-state index contributed by atoms with van der Waals surface area (Å²) in [4.78, 5) is 23.6. The molecule has 0 amide bonds. The summed E-state index contributed by atoms with van der Waals surface area (Å²) < 4.78 is 5.01. The van der Waals surface area contributed by atoms with E-state index in [2.05, 4.69) is 5.32 Å². The van der Waals surface area contributed by atoms with Crippen molar-refractivity contribution in [3.8, 4) is 0 Å². The van der Waals surface area contributed by atoms with Crippen molar-refractivity contribution < 1.29 is 14.3 Å². The molecule has 0 atom stereocenters. The van der Waals surface area contributed by atoms with Crippen molar-refractivity contribution in [2.75, 3.05) is 26.3 Å². The quantitative estimate of drug-likeness (QED) is 0.697. The lowest BCUT2D eigenvalue weighted by Crippen LogP contribution is -2.30. The maximum atomic E-state index is 11.8. The molecular formula is C19H21NO3. The van der Waals surface area contributed by atoms with Crippen molar-refractivity contribution in [1.29, 1.82) is 0 Å². The lowest BCUT2D eigenvalue weighted by atomic mass is 10.0. The summed E-state index contributed by atoms with van der Waals surface area (Å²) >= 11 is 0. The Bertz CT molecular complexity index is 546. The number of hydrogen-bond acceptors (Lipinski definition) is 4. The van der Waals surface area contributed by atoms with Crippen molar-refractivity contribution in [1.82, 2.24) is 5.32 Å². The zero-order valence-electron chi connectivity index (χ0n) is 13.0. The number of ketones is 2. The van der Waals surface area contributed by atoms with Gasteiger partial charge in [0.05, 0.1) is 19.6 Å². The first-order valence-corrected chi connectivity index (χ1v) is 7.72. The molecule has 1 N–H and O–H groups in total. The number of carbonyl (C=O) groups excluding carboxylic acids is 2. The third-order valence-corrected chi connectivity index (χ3v) is 3.36. The molecule has 0 aromatic heterocycles. The molecule has 1 fully saturated rings. The summed E-state index contributed by atoms with van der Waals surface area (Å²) in [6.45, 7) is 3.83. The highest BCUT2D eigenvalue weighted by Crippen LogP contribution is 2.08. The molecule has 120 valence electrons. The van der Waals surface area contributed by atoms with E-state index >= 15 is 0 Å². The SMILES string of the molecule is C1COCCN1.O=C(CC(=O)c1ccccc1)c1ccccc1. The van der Waals surface area contributed by atoms with Crippen molar-refractivity contribution in [2.24, 2.45) is 0 Å². The highest BCUT2D eigenvalue weighted by atomic mass is 16.5. The van der Waals surface area contributed by atoms with Crippen LogP contribution in [0.5, 0.6) is 0 Å². The van der Waals surface area contributed by atoms with Crippen molar-refractivity contribution in [3.63, 3.8) is 0 Å². The van der Waals surface area contributed by atoms with Crippen LogP contribution in [0.25, 0.3) is 0 Å². The van der Waals surface area contributed by atoms with E-state index in [-0.39, 0.29) is 18.0 Å². The monoisotopic (exact) mass is 311 g/mol. The van der Waals surface area contributed by atoms with Gasteiger partial charge in [0.2, 0.25) is 0 Å². The molecule has 2 aromatic rings. The van der Waals surface area contributed by atoms with Crippen LogP contribution in [-0.2, 0) is 4.74 Å². The number of morpholine rings is 1. The summed E-state index contributed by atoms with van der Waals surface area (Å²) in [6, 6.07) is 17.7. The predicted octanol–water partition coefficient (Wildman–Crippen LogP) is 2.75. The molecule has 0 unspecified atom stereocenters. The molecule has 3 rings (SSSR count). The summed E-state index contributed by atoms with van der Waals surface area (Å²) in [7, 11) is 0. The maximum Gasteiger partial charge on any atom is 0.170 e. The van der Waals surface area contributed by atoms with E-state index in [1.807, 2.05) is 12.1 Å². The lowest BCUT2D eigenvalue weighted by Gasteiger charge is -2.10. The van der Waals surface area contributed by atoms with Gasteiger partial charge in [-0.05, 0) is 0 Å². The van der Waals surface area contributed by atoms with E-state index in [9.17, 15) is 9.59 Å². The molecule has 1 aliphatic heterocycles. The van der Waals surface area contributed by atoms with Crippen LogP contribution in [0.2, 0.25) is 0 Å². The van der Waals surface area contributed by atoms with Crippen molar-refractivity contribution in [2.45, 2.75) is 6.42 Å². The van der Waals surface area contributed by atoms with Crippen LogP contribution in [0.4, 0.5) is 0 Å². The number of benzene rings is 2. The predicted molar refractivity (Wildman–Crippen MR) is 89.9 cm³/mol. The van der Waals surface area contributed by atoms with Crippen LogP contribution in [-0.4, -0.2) is 37.9 Å². The largest absolute Gasteiger partial charge is 0.379 e. The summed E-state index contributed by atoms with van der Waals surface area (Å²) in [5, 5.41) is 3.16. The number of carbonyl (C=O) groups is 2. The van der Waals surface area contributed by atoms with E-state index in [0.717, 1.165) is 26.3 Å². The molecular weight excluding hydrogens is 290 g/mol. The average molecular weight is 311 g/mol. The van der Waals surface area contributed by atoms with Gasteiger partial charge in [-0.2, -0.15) is 0 Å². The van der Waals surface area contributed by atoms with Crippen LogP contribution in [0, 0.1) is 0 Å². The van der Waals surface area contributed by atoms with E-state index in [1.165, 1.54) is 0 Å². The number of rotatable bonds is 4. The third kappa shape index (κ3) is 6.14. The van der Waals surface area contributed by atoms with Gasteiger partial charge < -0.3 is 10.1 Å². The highest BCUT2D eigenvalue weighted by Gasteiger charge is 2.12. The molecule has 4 heteroatoms. The second kappa shape index (κ2) is 9.66. The van der Waals surface area contributed by atoms with Gasteiger partial charge in [0, 0.05) is 24.2 Å². The first-order valence-electron chi connectivity index (χ1n) is 7.72. The second-order valence-electron chi connectivity index (χ2n) is 5.12.